The fraction of sp³-hybridized carbons (Fsp3) is 0.316. The maximum atomic E-state index is 13.0. The van der Waals surface area contributed by atoms with E-state index in [9.17, 15) is 8.42 Å². The number of hydrogen-bond donors (Lipinski definition) is 0. The molecule has 2 aromatic heterocycles. The van der Waals surface area contributed by atoms with Gasteiger partial charge < -0.3 is 4.40 Å². The monoisotopic (exact) mass is 389 g/mol. The molecule has 0 saturated carbocycles. The van der Waals surface area contributed by atoms with Crippen molar-refractivity contribution in [2.45, 2.75) is 24.7 Å². The fourth-order valence-corrected chi connectivity index (χ4v) is 5.25. The Bertz CT molecular complexity index is 1060. The lowest BCUT2D eigenvalue weighted by molar-refractivity contribution is 0.281. The van der Waals surface area contributed by atoms with E-state index in [-0.39, 0.29) is 0 Å². The molecule has 4 rings (SSSR count). The second kappa shape index (κ2) is 6.68. The van der Waals surface area contributed by atoms with Crippen LogP contribution < -0.4 is 0 Å². The van der Waals surface area contributed by atoms with Gasteiger partial charge in [0.1, 0.15) is 5.65 Å². The Kier molecular flexibility index (Phi) is 4.50. The smallest absolute Gasteiger partial charge is 0.243 e. The van der Waals surface area contributed by atoms with Gasteiger partial charge in [-0.25, -0.2) is 13.4 Å². The predicted octanol–water partition coefficient (Wildman–Crippen LogP) is 4.08. The number of aromatic nitrogens is 2. The highest BCUT2D eigenvalue weighted by Gasteiger charge is 2.28. The molecule has 1 aromatic carbocycles. The minimum Gasteiger partial charge on any atom is -0.305 e. The topological polar surface area (TPSA) is 54.7 Å². The van der Waals surface area contributed by atoms with Crippen LogP contribution in [0, 0.1) is 5.92 Å². The van der Waals surface area contributed by atoms with Crippen LogP contribution in [0.2, 0.25) is 5.02 Å². The maximum Gasteiger partial charge on any atom is 0.243 e. The van der Waals surface area contributed by atoms with Crippen molar-refractivity contribution in [3.05, 3.63) is 53.8 Å². The van der Waals surface area contributed by atoms with Crippen molar-refractivity contribution in [2.24, 2.45) is 5.92 Å². The van der Waals surface area contributed by atoms with Gasteiger partial charge in [-0.1, -0.05) is 30.7 Å². The van der Waals surface area contributed by atoms with Crippen molar-refractivity contribution in [3.63, 3.8) is 0 Å². The number of benzene rings is 1. The molecule has 1 atom stereocenters. The van der Waals surface area contributed by atoms with E-state index in [4.69, 9.17) is 11.6 Å². The van der Waals surface area contributed by atoms with Crippen molar-refractivity contribution in [2.75, 3.05) is 13.1 Å². The molecule has 0 amide bonds. The van der Waals surface area contributed by atoms with Gasteiger partial charge in [0.25, 0.3) is 0 Å². The highest BCUT2D eigenvalue weighted by atomic mass is 35.5. The number of halogens is 1. The molecular formula is C19H20ClN3O2S. The van der Waals surface area contributed by atoms with Crippen molar-refractivity contribution >= 4 is 27.3 Å². The number of fused-ring (bicyclic) bond motifs is 1. The van der Waals surface area contributed by atoms with Gasteiger partial charge in [0, 0.05) is 31.0 Å². The van der Waals surface area contributed by atoms with Crippen LogP contribution >= 0.6 is 11.6 Å². The zero-order chi connectivity index (χ0) is 18.3. The molecule has 0 unspecified atom stereocenters. The molecule has 0 spiro atoms. The zero-order valence-electron chi connectivity index (χ0n) is 14.5. The molecule has 3 aromatic rings. The van der Waals surface area contributed by atoms with Gasteiger partial charge in [0.15, 0.2) is 0 Å². The van der Waals surface area contributed by atoms with Crippen LogP contribution in [0.4, 0.5) is 0 Å². The Hall–Kier alpha value is -1.89. The third-order valence-corrected chi connectivity index (χ3v) is 6.89. The molecular weight excluding hydrogens is 370 g/mol. The maximum absolute atomic E-state index is 13.0. The van der Waals surface area contributed by atoms with Crippen molar-refractivity contribution < 1.29 is 8.42 Å². The summed E-state index contributed by atoms with van der Waals surface area (Å²) in [7, 11) is -3.48. The lowest BCUT2D eigenvalue weighted by Crippen LogP contribution is -2.39. The lowest BCUT2D eigenvalue weighted by atomic mass is 10.0. The van der Waals surface area contributed by atoms with Crippen LogP contribution in [0.3, 0.4) is 0 Å². The number of rotatable bonds is 3. The van der Waals surface area contributed by atoms with Gasteiger partial charge in [-0.3, -0.25) is 0 Å². The van der Waals surface area contributed by atoms with Gasteiger partial charge in [-0.05, 0) is 43.0 Å². The summed E-state index contributed by atoms with van der Waals surface area (Å²) in [5.74, 6) is 0.393. The first-order valence-corrected chi connectivity index (χ1v) is 10.5. The van der Waals surface area contributed by atoms with E-state index in [1.165, 1.54) is 0 Å². The normalized spacial score (nSPS) is 19.1. The first kappa shape index (κ1) is 17.5. The van der Waals surface area contributed by atoms with E-state index in [0.29, 0.717) is 28.9 Å². The second-order valence-corrected chi connectivity index (χ2v) is 9.25. The molecule has 136 valence electrons. The van der Waals surface area contributed by atoms with Gasteiger partial charge >= 0.3 is 0 Å². The molecule has 1 fully saturated rings. The summed E-state index contributed by atoms with van der Waals surface area (Å²) in [4.78, 5) is 4.89. The molecule has 5 nitrogen and oxygen atoms in total. The van der Waals surface area contributed by atoms with Crippen molar-refractivity contribution in [1.29, 1.82) is 0 Å². The van der Waals surface area contributed by atoms with Crippen LogP contribution in [0.5, 0.6) is 0 Å². The summed E-state index contributed by atoms with van der Waals surface area (Å²) >= 11 is 6.02. The number of imidazole rings is 1. The number of sulfonamides is 1. The summed E-state index contributed by atoms with van der Waals surface area (Å²) in [5.41, 5.74) is 2.26. The van der Waals surface area contributed by atoms with Gasteiger partial charge in [0.2, 0.25) is 10.0 Å². The van der Waals surface area contributed by atoms with Gasteiger partial charge in [0.05, 0.1) is 15.6 Å². The summed E-state index contributed by atoms with van der Waals surface area (Å²) in [6, 6.07) is 10.6. The minimum atomic E-state index is -3.48. The Balaban J connectivity index is 1.71. The highest BCUT2D eigenvalue weighted by Crippen LogP contribution is 2.27. The molecule has 26 heavy (non-hydrogen) atoms. The first-order valence-electron chi connectivity index (χ1n) is 8.68. The minimum absolute atomic E-state index is 0.319. The Labute approximate surface area is 158 Å². The quantitative estimate of drug-likeness (QED) is 0.678. The van der Waals surface area contributed by atoms with E-state index >= 15 is 0 Å². The highest BCUT2D eigenvalue weighted by molar-refractivity contribution is 7.89. The number of pyridine rings is 1. The predicted molar refractivity (Wildman–Crippen MR) is 103 cm³/mol. The average molecular weight is 390 g/mol. The van der Waals surface area contributed by atoms with E-state index < -0.39 is 10.0 Å². The van der Waals surface area contributed by atoms with Crippen LogP contribution in [-0.4, -0.2) is 35.2 Å². The summed E-state index contributed by atoms with van der Waals surface area (Å²) in [6.07, 6.45) is 5.63. The third kappa shape index (κ3) is 3.24. The molecule has 3 heterocycles. The van der Waals surface area contributed by atoms with Crippen LogP contribution in [-0.2, 0) is 10.0 Å². The molecule has 0 aliphatic carbocycles. The summed E-state index contributed by atoms with van der Waals surface area (Å²) in [6.45, 7) is 3.27. The largest absolute Gasteiger partial charge is 0.305 e. The van der Waals surface area contributed by atoms with Gasteiger partial charge in [-0.2, -0.15) is 4.31 Å². The average Bonchev–Trinajstić information content (AvgIpc) is 3.05. The van der Waals surface area contributed by atoms with Crippen molar-refractivity contribution in [3.8, 4) is 11.3 Å². The van der Waals surface area contributed by atoms with Crippen LogP contribution in [0.25, 0.3) is 16.9 Å². The molecule has 1 aliphatic rings. The zero-order valence-corrected chi connectivity index (χ0v) is 16.0. The van der Waals surface area contributed by atoms with Crippen molar-refractivity contribution in [1.82, 2.24) is 13.7 Å². The lowest BCUT2D eigenvalue weighted by Gasteiger charge is -2.30. The summed E-state index contributed by atoms with van der Waals surface area (Å²) < 4.78 is 29.5. The van der Waals surface area contributed by atoms with E-state index in [1.54, 1.807) is 34.8 Å². The standard InChI is InChI=1S/C19H20ClN3O2S/c1-14-4-3-9-23(11-14)26(24,25)17-6-2-5-15(10-17)18-13-22-12-16(20)7-8-19(22)21-18/h2,5-8,10,12-14H,3-4,9,11H2,1H3/t14-/m1/s1. The number of piperidine rings is 1. The molecule has 7 heteroatoms. The van der Waals surface area contributed by atoms with E-state index in [1.807, 2.05) is 22.7 Å². The first-order chi connectivity index (χ1) is 12.4. The molecule has 1 aliphatic heterocycles. The fourth-order valence-electron chi connectivity index (χ4n) is 3.43. The SMILES string of the molecule is C[C@@H]1CCCN(S(=O)(=O)c2cccc(-c3cn4cc(Cl)ccc4n3)c2)C1. The second-order valence-electron chi connectivity index (χ2n) is 6.88. The molecule has 0 radical (unpaired) electrons. The molecule has 1 saturated heterocycles. The summed E-state index contributed by atoms with van der Waals surface area (Å²) in [5, 5.41) is 0.622. The number of hydrogen-bond acceptors (Lipinski definition) is 3. The van der Waals surface area contributed by atoms with Gasteiger partial charge in [-0.15, -0.1) is 0 Å². The Morgan fingerprint density at radius 2 is 2.04 bits per heavy atom. The van der Waals surface area contributed by atoms with E-state index in [2.05, 4.69) is 11.9 Å². The molecule has 0 bridgehead atoms. The Morgan fingerprint density at radius 3 is 2.85 bits per heavy atom. The van der Waals surface area contributed by atoms with Crippen LogP contribution in [0.1, 0.15) is 19.8 Å². The molecule has 0 N–H and O–H groups in total. The van der Waals surface area contributed by atoms with E-state index in [0.717, 1.165) is 29.7 Å². The van der Waals surface area contributed by atoms with Crippen LogP contribution in [0.15, 0.2) is 53.7 Å². The third-order valence-electron chi connectivity index (χ3n) is 4.80. The number of nitrogens with zero attached hydrogens (tertiary/aromatic N) is 3. The Morgan fingerprint density at radius 1 is 1.19 bits per heavy atom.